The zero-order valence-electron chi connectivity index (χ0n) is 9.08. The van der Waals surface area contributed by atoms with Crippen LogP contribution in [0.2, 0.25) is 0 Å². The van der Waals surface area contributed by atoms with E-state index >= 15 is 0 Å². The molecule has 81 valence electrons. The van der Waals surface area contributed by atoms with Gasteiger partial charge in [-0.2, -0.15) is 0 Å². The van der Waals surface area contributed by atoms with E-state index in [9.17, 15) is 9.59 Å². The lowest BCUT2D eigenvalue weighted by Crippen LogP contribution is -2.09. The van der Waals surface area contributed by atoms with Crippen molar-refractivity contribution in [2.45, 2.75) is 45.4 Å². The molecule has 0 aromatic carbocycles. The molecule has 0 bridgehead atoms. The topological polar surface area (TPSA) is 34.1 Å². The third-order valence-electron chi connectivity index (χ3n) is 2.42. The second-order valence-electron chi connectivity index (χ2n) is 3.88. The van der Waals surface area contributed by atoms with Crippen LogP contribution in [0, 0.1) is 18.8 Å². The Kier molecular flexibility index (Phi) is 8.50. The van der Waals surface area contributed by atoms with Crippen molar-refractivity contribution in [1.82, 2.24) is 0 Å². The van der Waals surface area contributed by atoms with Crippen molar-refractivity contribution in [3.8, 4) is 0 Å². The van der Waals surface area contributed by atoms with Crippen LogP contribution in [0.5, 0.6) is 0 Å². The quantitative estimate of drug-likeness (QED) is 0.421. The summed E-state index contributed by atoms with van der Waals surface area (Å²) in [5.74, 6) is -0.198. The van der Waals surface area contributed by atoms with E-state index in [1.165, 1.54) is 19.3 Å². The van der Waals surface area contributed by atoms with E-state index in [0.717, 1.165) is 25.4 Å². The summed E-state index contributed by atoms with van der Waals surface area (Å²) < 4.78 is 0. The Bertz CT molecular complexity index is 154. The highest BCUT2D eigenvalue weighted by molar-refractivity contribution is 5.58. The standard InChI is InChI=1S/C12H21O2/c1-3-4-5-6-7-12(10-14)8-11(2)9-13/h9-12H,2-8H2,1H3. The molecule has 2 nitrogen and oxygen atoms in total. The monoisotopic (exact) mass is 197 g/mol. The number of carbonyl (C=O) groups is 2. The van der Waals surface area contributed by atoms with Crippen LogP contribution in [0.3, 0.4) is 0 Å². The van der Waals surface area contributed by atoms with Crippen molar-refractivity contribution < 1.29 is 9.59 Å². The second kappa shape index (κ2) is 8.92. The van der Waals surface area contributed by atoms with Gasteiger partial charge in [-0.25, -0.2) is 0 Å². The van der Waals surface area contributed by atoms with Gasteiger partial charge < -0.3 is 9.59 Å². The first-order valence-corrected chi connectivity index (χ1v) is 5.48. The maximum atomic E-state index is 10.7. The summed E-state index contributed by atoms with van der Waals surface area (Å²) >= 11 is 0. The van der Waals surface area contributed by atoms with E-state index < -0.39 is 0 Å². The number of carbonyl (C=O) groups excluding carboxylic acids is 2. The van der Waals surface area contributed by atoms with Crippen LogP contribution in [0.4, 0.5) is 0 Å². The predicted molar refractivity (Wildman–Crippen MR) is 57.8 cm³/mol. The fourth-order valence-corrected chi connectivity index (χ4v) is 1.52. The number of rotatable bonds is 9. The van der Waals surface area contributed by atoms with Gasteiger partial charge in [0.25, 0.3) is 0 Å². The third-order valence-corrected chi connectivity index (χ3v) is 2.42. The Labute approximate surface area is 87.1 Å². The lowest BCUT2D eigenvalue weighted by molar-refractivity contribution is -0.113. The Morgan fingerprint density at radius 1 is 1.14 bits per heavy atom. The number of aldehydes is 2. The van der Waals surface area contributed by atoms with Gasteiger partial charge in [0, 0.05) is 11.8 Å². The summed E-state index contributed by atoms with van der Waals surface area (Å²) in [5.41, 5.74) is 0. The molecule has 0 fully saturated rings. The zero-order valence-corrected chi connectivity index (χ0v) is 9.08. The lowest BCUT2D eigenvalue weighted by Gasteiger charge is -2.11. The molecule has 0 aliphatic rings. The van der Waals surface area contributed by atoms with Crippen molar-refractivity contribution in [3.05, 3.63) is 6.92 Å². The fourth-order valence-electron chi connectivity index (χ4n) is 1.52. The Morgan fingerprint density at radius 3 is 2.36 bits per heavy atom. The second-order valence-corrected chi connectivity index (χ2v) is 3.88. The SMILES string of the molecule is [CH2]C(C=O)CC(C=O)CCCCCC. The molecule has 14 heavy (non-hydrogen) atoms. The molecule has 0 saturated heterocycles. The van der Waals surface area contributed by atoms with Crippen LogP contribution in [-0.2, 0) is 9.59 Å². The molecule has 2 unspecified atom stereocenters. The molecule has 2 atom stereocenters. The summed E-state index contributed by atoms with van der Waals surface area (Å²) in [5, 5.41) is 0. The third kappa shape index (κ3) is 6.81. The minimum absolute atomic E-state index is 0.0274. The summed E-state index contributed by atoms with van der Waals surface area (Å²) in [6.07, 6.45) is 8.01. The van der Waals surface area contributed by atoms with E-state index in [2.05, 4.69) is 13.8 Å². The fraction of sp³-hybridized carbons (Fsp3) is 0.750. The zero-order chi connectivity index (χ0) is 10.8. The van der Waals surface area contributed by atoms with Crippen LogP contribution < -0.4 is 0 Å². The van der Waals surface area contributed by atoms with Crippen LogP contribution >= 0.6 is 0 Å². The van der Waals surface area contributed by atoms with Gasteiger partial charge >= 0.3 is 0 Å². The van der Waals surface area contributed by atoms with Crippen molar-refractivity contribution in [3.63, 3.8) is 0 Å². The molecule has 0 rings (SSSR count). The van der Waals surface area contributed by atoms with Crippen molar-refractivity contribution in [2.24, 2.45) is 11.8 Å². The first-order valence-electron chi connectivity index (χ1n) is 5.48. The number of unbranched alkanes of at least 4 members (excludes halogenated alkanes) is 3. The maximum Gasteiger partial charge on any atom is 0.123 e. The summed E-state index contributed by atoms with van der Waals surface area (Å²) in [6.45, 7) is 5.82. The molecule has 0 amide bonds. The molecule has 0 N–H and O–H groups in total. The summed E-state index contributed by atoms with van der Waals surface area (Å²) in [4.78, 5) is 21.0. The van der Waals surface area contributed by atoms with Crippen molar-refractivity contribution in [2.75, 3.05) is 0 Å². The first kappa shape index (κ1) is 13.3. The molecule has 0 aromatic rings. The smallest absolute Gasteiger partial charge is 0.123 e. The van der Waals surface area contributed by atoms with Crippen LogP contribution in [0.15, 0.2) is 0 Å². The molecular formula is C12H21O2. The minimum Gasteiger partial charge on any atom is -0.303 e. The highest BCUT2D eigenvalue weighted by Crippen LogP contribution is 2.16. The largest absolute Gasteiger partial charge is 0.303 e. The van der Waals surface area contributed by atoms with Gasteiger partial charge in [0.1, 0.15) is 12.6 Å². The Hall–Kier alpha value is -0.660. The van der Waals surface area contributed by atoms with Crippen LogP contribution in [-0.4, -0.2) is 12.6 Å². The molecule has 2 heteroatoms. The van der Waals surface area contributed by atoms with Crippen LogP contribution in [0.25, 0.3) is 0 Å². The molecule has 0 heterocycles. The molecule has 0 aliphatic heterocycles. The number of hydrogen-bond acceptors (Lipinski definition) is 2. The molecule has 0 saturated carbocycles. The normalized spacial score (nSPS) is 14.7. The lowest BCUT2D eigenvalue weighted by atomic mass is 9.93. The van der Waals surface area contributed by atoms with Gasteiger partial charge in [-0.3, -0.25) is 0 Å². The van der Waals surface area contributed by atoms with Gasteiger partial charge in [-0.05, 0) is 19.8 Å². The molecule has 0 spiro atoms. The van der Waals surface area contributed by atoms with Crippen molar-refractivity contribution >= 4 is 12.6 Å². The molecule has 0 aliphatic carbocycles. The van der Waals surface area contributed by atoms with Gasteiger partial charge in [-0.15, -0.1) is 0 Å². The summed E-state index contributed by atoms with van der Waals surface area (Å²) in [7, 11) is 0. The Balaban J connectivity index is 3.57. The minimum atomic E-state index is -0.226. The molecule has 0 aromatic heterocycles. The van der Waals surface area contributed by atoms with E-state index in [1.54, 1.807) is 0 Å². The van der Waals surface area contributed by atoms with E-state index in [4.69, 9.17) is 0 Å². The van der Waals surface area contributed by atoms with Gasteiger partial charge in [0.15, 0.2) is 0 Å². The van der Waals surface area contributed by atoms with Crippen molar-refractivity contribution in [1.29, 1.82) is 0 Å². The van der Waals surface area contributed by atoms with Crippen LogP contribution in [0.1, 0.15) is 45.4 Å². The molecular weight excluding hydrogens is 176 g/mol. The highest BCUT2D eigenvalue weighted by atomic mass is 16.1. The first-order chi connectivity index (χ1) is 6.74. The highest BCUT2D eigenvalue weighted by Gasteiger charge is 2.11. The van der Waals surface area contributed by atoms with E-state index in [0.29, 0.717) is 6.42 Å². The number of hydrogen-bond donors (Lipinski definition) is 0. The predicted octanol–water partition coefficient (Wildman–Crippen LogP) is 2.81. The van der Waals surface area contributed by atoms with Gasteiger partial charge in [0.05, 0.1) is 0 Å². The summed E-state index contributed by atoms with van der Waals surface area (Å²) in [6, 6.07) is 0. The van der Waals surface area contributed by atoms with Gasteiger partial charge in [-0.1, -0.05) is 32.6 Å². The maximum absolute atomic E-state index is 10.7. The van der Waals surface area contributed by atoms with E-state index in [1.807, 2.05) is 0 Å². The average Bonchev–Trinajstić information content (AvgIpc) is 2.22. The van der Waals surface area contributed by atoms with Gasteiger partial charge in [0.2, 0.25) is 0 Å². The molecule has 1 radical (unpaired) electrons. The van der Waals surface area contributed by atoms with E-state index in [-0.39, 0.29) is 11.8 Å². The average molecular weight is 197 g/mol. The Morgan fingerprint density at radius 2 is 1.86 bits per heavy atom.